The Balaban J connectivity index is 1.84. The molecule has 31 heavy (non-hydrogen) atoms. The molecule has 5 nitrogen and oxygen atoms in total. The van der Waals surface area contributed by atoms with Crippen LogP contribution in [0.4, 0.5) is 5.13 Å². The van der Waals surface area contributed by atoms with Crippen molar-refractivity contribution < 1.29 is 9.53 Å². The quantitative estimate of drug-likeness (QED) is 0.317. The number of aromatic nitrogens is 1. The Labute approximate surface area is 201 Å². The highest BCUT2D eigenvalue weighted by atomic mass is 35.5. The van der Waals surface area contributed by atoms with E-state index in [1.54, 1.807) is 34.9 Å². The number of carbonyl (C=O) groups is 1. The first kappa shape index (κ1) is 24.1. The number of rotatable bonds is 10. The van der Waals surface area contributed by atoms with Gasteiger partial charge in [-0.2, -0.15) is 0 Å². The number of ether oxygens (including phenoxy) is 1. The van der Waals surface area contributed by atoms with E-state index in [4.69, 9.17) is 32.9 Å². The molecule has 3 aromatic rings. The molecule has 0 N–H and O–H groups in total. The first-order chi connectivity index (χ1) is 15.0. The molecular formula is C22H25Cl2N3O2S2. The number of thioether (sulfide) groups is 1. The van der Waals surface area contributed by atoms with Crippen molar-refractivity contribution in [3.8, 4) is 5.75 Å². The lowest BCUT2D eigenvalue weighted by molar-refractivity contribution is -0.120. The molecule has 2 aromatic carbocycles. The van der Waals surface area contributed by atoms with Gasteiger partial charge in [0.2, 0.25) is 0 Å². The SMILES string of the molecule is CCN(CC)CCN(C(=O)COc1ccc(Cl)cc1Cl)c1nc2c(SC)cccc2s1. The smallest absolute Gasteiger partial charge is 0.266 e. The van der Waals surface area contributed by atoms with Gasteiger partial charge < -0.3 is 9.64 Å². The van der Waals surface area contributed by atoms with Gasteiger partial charge in [0.15, 0.2) is 11.7 Å². The summed E-state index contributed by atoms with van der Waals surface area (Å²) in [5, 5.41) is 1.57. The zero-order chi connectivity index (χ0) is 22.4. The molecule has 0 spiro atoms. The maximum absolute atomic E-state index is 13.2. The van der Waals surface area contributed by atoms with Crippen molar-refractivity contribution in [3.05, 3.63) is 46.4 Å². The molecule has 0 radical (unpaired) electrons. The van der Waals surface area contributed by atoms with E-state index < -0.39 is 0 Å². The third-order valence-corrected chi connectivity index (χ3v) is 7.25. The summed E-state index contributed by atoms with van der Waals surface area (Å²) in [6.07, 6.45) is 2.03. The summed E-state index contributed by atoms with van der Waals surface area (Å²) in [5.74, 6) is 0.264. The van der Waals surface area contributed by atoms with Gasteiger partial charge in [0.1, 0.15) is 5.75 Å². The van der Waals surface area contributed by atoms with Gasteiger partial charge in [0, 0.05) is 23.0 Å². The minimum absolute atomic E-state index is 0.134. The molecule has 0 aliphatic carbocycles. The third kappa shape index (κ3) is 6.05. The molecule has 0 bridgehead atoms. The van der Waals surface area contributed by atoms with Crippen LogP contribution < -0.4 is 9.64 Å². The van der Waals surface area contributed by atoms with Gasteiger partial charge in [-0.15, -0.1) is 11.8 Å². The molecule has 0 unspecified atom stereocenters. The monoisotopic (exact) mass is 497 g/mol. The van der Waals surface area contributed by atoms with Crippen LogP contribution in [0.5, 0.6) is 5.75 Å². The van der Waals surface area contributed by atoms with Crippen molar-refractivity contribution in [2.45, 2.75) is 18.7 Å². The Kier molecular flexibility index (Phi) is 8.86. The Morgan fingerprint density at radius 1 is 1.16 bits per heavy atom. The Hall–Kier alpha value is -1.51. The second kappa shape index (κ2) is 11.4. The summed E-state index contributed by atoms with van der Waals surface area (Å²) in [6.45, 7) is 7.23. The summed E-state index contributed by atoms with van der Waals surface area (Å²) >= 11 is 15.3. The molecule has 1 heterocycles. The molecular weight excluding hydrogens is 473 g/mol. The highest BCUT2D eigenvalue weighted by Gasteiger charge is 2.22. The molecule has 0 atom stereocenters. The van der Waals surface area contributed by atoms with Crippen molar-refractivity contribution in [1.29, 1.82) is 0 Å². The molecule has 1 amide bonds. The maximum atomic E-state index is 13.2. The number of hydrogen-bond acceptors (Lipinski definition) is 6. The van der Waals surface area contributed by atoms with E-state index in [1.165, 1.54) is 11.3 Å². The molecule has 0 saturated heterocycles. The zero-order valence-electron chi connectivity index (χ0n) is 17.7. The van der Waals surface area contributed by atoms with Gasteiger partial charge in [-0.1, -0.05) is 54.5 Å². The van der Waals surface area contributed by atoms with Crippen LogP contribution >= 0.6 is 46.3 Å². The van der Waals surface area contributed by atoms with Crippen molar-refractivity contribution >= 4 is 67.6 Å². The van der Waals surface area contributed by atoms with E-state index in [1.807, 2.05) is 24.5 Å². The van der Waals surface area contributed by atoms with E-state index in [0.29, 0.717) is 27.5 Å². The summed E-state index contributed by atoms with van der Waals surface area (Å²) in [4.78, 5) is 23.1. The van der Waals surface area contributed by atoms with Gasteiger partial charge >= 0.3 is 0 Å². The number of fused-ring (bicyclic) bond motifs is 1. The second-order valence-electron chi connectivity index (χ2n) is 6.74. The van der Waals surface area contributed by atoms with Crippen LogP contribution in [-0.2, 0) is 4.79 Å². The first-order valence-corrected chi connectivity index (χ1v) is 12.8. The van der Waals surface area contributed by atoms with E-state index >= 15 is 0 Å². The van der Waals surface area contributed by atoms with E-state index in [-0.39, 0.29) is 12.5 Å². The number of nitrogens with zero attached hydrogens (tertiary/aromatic N) is 3. The number of benzene rings is 2. The number of para-hydroxylation sites is 1. The standard InChI is InChI=1S/C22H25Cl2N3O2S2/c1-4-26(5-2)11-12-27(20(28)14-29-17-10-9-15(23)13-16(17)24)22-25-21-18(30-3)7-6-8-19(21)31-22/h6-10,13H,4-5,11-12,14H2,1-3H3. The number of hydrogen-bond donors (Lipinski definition) is 0. The van der Waals surface area contributed by atoms with Crippen molar-refractivity contribution in [2.24, 2.45) is 0 Å². The second-order valence-corrected chi connectivity index (χ2v) is 9.44. The molecule has 3 rings (SSSR count). The lowest BCUT2D eigenvalue weighted by atomic mass is 10.3. The summed E-state index contributed by atoms with van der Waals surface area (Å²) < 4.78 is 6.77. The summed E-state index contributed by atoms with van der Waals surface area (Å²) in [5.41, 5.74) is 0.928. The number of likely N-dealkylation sites (N-methyl/N-ethyl adjacent to an activating group) is 1. The number of thiazole rings is 1. The highest BCUT2D eigenvalue weighted by Crippen LogP contribution is 2.34. The molecule has 166 valence electrons. The largest absolute Gasteiger partial charge is 0.482 e. The topological polar surface area (TPSA) is 45.7 Å². The van der Waals surface area contributed by atoms with Crippen LogP contribution in [0.15, 0.2) is 41.3 Å². The van der Waals surface area contributed by atoms with Crippen LogP contribution in [0.1, 0.15) is 13.8 Å². The average molecular weight is 499 g/mol. The van der Waals surface area contributed by atoms with Crippen LogP contribution in [0.2, 0.25) is 10.0 Å². The lowest BCUT2D eigenvalue weighted by Gasteiger charge is -2.24. The maximum Gasteiger partial charge on any atom is 0.266 e. The van der Waals surface area contributed by atoms with Crippen molar-refractivity contribution in [3.63, 3.8) is 0 Å². The molecule has 1 aromatic heterocycles. The number of amides is 1. The third-order valence-electron chi connectivity index (χ3n) is 4.90. The molecule has 0 fully saturated rings. The molecule has 0 aliphatic rings. The van der Waals surface area contributed by atoms with Gasteiger partial charge in [-0.05, 0) is 49.7 Å². The van der Waals surface area contributed by atoms with Gasteiger partial charge in [-0.3, -0.25) is 9.69 Å². The van der Waals surface area contributed by atoms with Gasteiger partial charge in [0.05, 0.1) is 15.2 Å². The van der Waals surface area contributed by atoms with Crippen LogP contribution in [0, 0.1) is 0 Å². The minimum Gasteiger partial charge on any atom is -0.482 e. The molecule has 0 aliphatic heterocycles. The van der Waals surface area contributed by atoms with E-state index in [0.717, 1.165) is 34.7 Å². The fraction of sp³-hybridized carbons (Fsp3) is 0.364. The van der Waals surface area contributed by atoms with E-state index in [2.05, 4.69) is 18.7 Å². The Morgan fingerprint density at radius 3 is 2.61 bits per heavy atom. The van der Waals surface area contributed by atoms with Crippen LogP contribution in [-0.4, -0.2) is 54.8 Å². The zero-order valence-corrected chi connectivity index (χ0v) is 20.9. The normalized spacial score (nSPS) is 11.3. The number of anilines is 1. The predicted molar refractivity (Wildman–Crippen MR) is 133 cm³/mol. The lowest BCUT2D eigenvalue weighted by Crippen LogP contribution is -2.41. The van der Waals surface area contributed by atoms with Gasteiger partial charge in [-0.25, -0.2) is 4.98 Å². The van der Waals surface area contributed by atoms with Crippen LogP contribution in [0.3, 0.4) is 0 Å². The fourth-order valence-corrected chi connectivity index (χ4v) is 5.24. The van der Waals surface area contributed by atoms with Gasteiger partial charge in [0.25, 0.3) is 5.91 Å². The minimum atomic E-state index is -0.164. The van der Waals surface area contributed by atoms with Crippen LogP contribution in [0.25, 0.3) is 10.2 Å². The predicted octanol–water partition coefficient (Wildman–Crippen LogP) is 6.08. The van der Waals surface area contributed by atoms with E-state index in [9.17, 15) is 4.79 Å². The number of carbonyl (C=O) groups excluding carboxylic acids is 1. The average Bonchev–Trinajstić information content (AvgIpc) is 3.20. The fourth-order valence-electron chi connectivity index (χ4n) is 3.11. The summed E-state index contributed by atoms with van der Waals surface area (Å²) in [7, 11) is 0. The Morgan fingerprint density at radius 2 is 1.94 bits per heavy atom. The first-order valence-electron chi connectivity index (χ1n) is 10.0. The summed E-state index contributed by atoms with van der Waals surface area (Å²) in [6, 6.07) is 11.0. The Bertz CT molecular complexity index is 1040. The number of halogens is 2. The van der Waals surface area contributed by atoms with Crippen molar-refractivity contribution in [1.82, 2.24) is 9.88 Å². The molecule has 9 heteroatoms. The highest BCUT2D eigenvalue weighted by molar-refractivity contribution is 7.98. The van der Waals surface area contributed by atoms with Crippen molar-refractivity contribution in [2.75, 3.05) is 43.9 Å². The molecule has 0 saturated carbocycles.